The molecule has 0 bridgehead atoms. The van der Waals surface area contributed by atoms with E-state index < -0.39 is 4.92 Å². The first-order chi connectivity index (χ1) is 15.4. The Kier molecular flexibility index (Phi) is 5.60. The van der Waals surface area contributed by atoms with Gasteiger partial charge in [0.15, 0.2) is 0 Å². The number of carbonyl (C=O) groups excluding carboxylic acids is 1. The zero-order valence-electron chi connectivity index (χ0n) is 17.7. The number of hydrogen-bond donors (Lipinski definition) is 0. The van der Waals surface area contributed by atoms with Crippen molar-refractivity contribution in [2.45, 2.75) is 6.92 Å². The van der Waals surface area contributed by atoms with Crippen LogP contribution in [0.2, 0.25) is 0 Å². The second kappa shape index (κ2) is 8.51. The SMILES string of the molecule is COc1cc(C(=O)N2CCN(c3cc(C#N)c4cc([N+](=O)[O-])ccc4n3)CC2)ccc1C. The number of nitriles is 1. The second-order valence-electron chi connectivity index (χ2n) is 7.56. The lowest BCUT2D eigenvalue weighted by Gasteiger charge is -2.35. The third-order valence-corrected chi connectivity index (χ3v) is 5.66. The Bertz CT molecular complexity index is 1260. The monoisotopic (exact) mass is 431 g/mol. The van der Waals surface area contributed by atoms with E-state index in [9.17, 15) is 20.2 Å². The van der Waals surface area contributed by atoms with Gasteiger partial charge in [-0.25, -0.2) is 4.98 Å². The molecule has 1 amide bonds. The summed E-state index contributed by atoms with van der Waals surface area (Å²) in [7, 11) is 1.58. The summed E-state index contributed by atoms with van der Waals surface area (Å²) in [4.78, 5) is 31.9. The van der Waals surface area contributed by atoms with E-state index in [1.807, 2.05) is 17.9 Å². The molecule has 0 saturated carbocycles. The van der Waals surface area contributed by atoms with Crippen LogP contribution in [0.15, 0.2) is 42.5 Å². The lowest BCUT2D eigenvalue weighted by atomic mass is 10.1. The Balaban J connectivity index is 1.53. The molecule has 9 nitrogen and oxygen atoms in total. The molecule has 3 aromatic rings. The van der Waals surface area contributed by atoms with E-state index >= 15 is 0 Å². The van der Waals surface area contributed by atoms with E-state index in [0.29, 0.717) is 59.8 Å². The molecule has 2 heterocycles. The highest BCUT2D eigenvalue weighted by atomic mass is 16.6. The first kappa shape index (κ1) is 21.1. The fourth-order valence-corrected chi connectivity index (χ4v) is 3.84. The number of ether oxygens (including phenoxy) is 1. The van der Waals surface area contributed by atoms with Crippen LogP contribution in [0.1, 0.15) is 21.5 Å². The zero-order chi connectivity index (χ0) is 22.8. The summed E-state index contributed by atoms with van der Waals surface area (Å²) in [6.45, 7) is 4.07. The number of nitro groups is 1. The van der Waals surface area contributed by atoms with Gasteiger partial charge < -0.3 is 14.5 Å². The Hall–Kier alpha value is -4.19. The number of aryl methyl sites for hydroxylation is 1. The van der Waals surface area contributed by atoms with Crippen LogP contribution < -0.4 is 9.64 Å². The number of piperazine rings is 1. The highest BCUT2D eigenvalue weighted by Gasteiger charge is 2.24. The third-order valence-electron chi connectivity index (χ3n) is 5.66. The van der Waals surface area contributed by atoms with Gasteiger partial charge in [-0.1, -0.05) is 6.07 Å². The summed E-state index contributed by atoms with van der Waals surface area (Å²) in [5.74, 6) is 1.24. The number of anilines is 1. The number of fused-ring (bicyclic) bond motifs is 1. The molecule has 1 aromatic heterocycles. The fourth-order valence-electron chi connectivity index (χ4n) is 3.84. The number of nitrogens with zero attached hydrogens (tertiary/aromatic N) is 5. The molecular formula is C23H21N5O4. The molecule has 1 saturated heterocycles. The summed E-state index contributed by atoms with van der Waals surface area (Å²) in [5, 5.41) is 21.1. The molecule has 0 aliphatic carbocycles. The van der Waals surface area contributed by atoms with Crippen molar-refractivity contribution >= 4 is 28.3 Å². The van der Waals surface area contributed by atoms with Crippen LogP contribution in [-0.2, 0) is 0 Å². The minimum atomic E-state index is -0.492. The van der Waals surface area contributed by atoms with Crippen molar-refractivity contribution in [3.8, 4) is 11.8 Å². The highest BCUT2D eigenvalue weighted by Crippen LogP contribution is 2.27. The second-order valence-corrected chi connectivity index (χ2v) is 7.56. The Morgan fingerprint density at radius 3 is 2.56 bits per heavy atom. The van der Waals surface area contributed by atoms with E-state index in [2.05, 4.69) is 11.1 Å². The standard InChI is InChI=1S/C23H21N5O4/c1-15-3-4-16(11-21(15)32-2)23(29)27-9-7-26(8-10-27)22-12-17(14-24)19-13-18(28(30)31)5-6-20(19)25-22/h3-6,11-13H,7-10H2,1-2H3. The van der Waals surface area contributed by atoms with Gasteiger partial charge in [-0.15, -0.1) is 0 Å². The molecule has 0 spiro atoms. The first-order valence-electron chi connectivity index (χ1n) is 10.1. The zero-order valence-corrected chi connectivity index (χ0v) is 17.7. The molecule has 32 heavy (non-hydrogen) atoms. The van der Waals surface area contributed by atoms with E-state index in [-0.39, 0.29) is 11.6 Å². The third kappa shape index (κ3) is 3.90. The number of pyridine rings is 1. The van der Waals surface area contributed by atoms with Crippen LogP contribution in [0, 0.1) is 28.4 Å². The summed E-state index contributed by atoms with van der Waals surface area (Å²) in [5.41, 5.74) is 2.32. The van der Waals surface area contributed by atoms with Crippen molar-refractivity contribution in [3.63, 3.8) is 0 Å². The predicted octanol–water partition coefficient (Wildman–Crippen LogP) is 3.29. The van der Waals surface area contributed by atoms with Gasteiger partial charge in [-0.3, -0.25) is 14.9 Å². The van der Waals surface area contributed by atoms with Crippen LogP contribution in [-0.4, -0.2) is 54.0 Å². The number of benzene rings is 2. The maximum Gasteiger partial charge on any atom is 0.270 e. The molecule has 9 heteroatoms. The Morgan fingerprint density at radius 2 is 1.91 bits per heavy atom. The number of non-ortho nitro benzene ring substituents is 1. The molecule has 1 aliphatic heterocycles. The van der Waals surface area contributed by atoms with Crippen LogP contribution in [0.4, 0.5) is 11.5 Å². The minimum Gasteiger partial charge on any atom is -0.496 e. The predicted molar refractivity (Wildman–Crippen MR) is 119 cm³/mol. The smallest absolute Gasteiger partial charge is 0.270 e. The van der Waals surface area contributed by atoms with Crippen molar-refractivity contribution in [2.75, 3.05) is 38.2 Å². The number of amides is 1. The molecule has 0 radical (unpaired) electrons. The summed E-state index contributed by atoms with van der Waals surface area (Å²) in [6.07, 6.45) is 0. The molecule has 2 aromatic carbocycles. The number of methoxy groups -OCH3 is 1. The molecule has 1 aliphatic rings. The van der Waals surface area contributed by atoms with Crippen molar-refractivity contribution in [1.82, 2.24) is 9.88 Å². The molecule has 162 valence electrons. The number of carbonyl (C=O) groups is 1. The fraction of sp³-hybridized carbons (Fsp3) is 0.261. The van der Waals surface area contributed by atoms with Crippen LogP contribution in [0.25, 0.3) is 10.9 Å². The molecule has 0 N–H and O–H groups in total. The molecule has 0 atom stereocenters. The topological polar surface area (TPSA) is 113 Å². The number of rotatable bonds is 4. The average molecular weight is 431 g/mol. The molecule has 0 unspecified atom stereocenters. The largest absolute Gasteiger partial charge is 0.496 e. The minimum absolute atomic E-state index is 0.0561. The quantitative estimate of drug-likeness (QED) is 0.460. The highest BCUT2D eigenvalue weighted by molar-refractivity contribution is 5.95. The Labute approximate surface area is 184 Å². The summed E-state index contributed by atoms with van der Waals surface area (Å²) in [6, 6.07) is 13.5. The lowest BCUT2D eigenvalue weighted by molar-refractivity contribution is -0.384. The van der Waals surface area contributed by atoms with Crippen molar-refractivity contribution in [3.05, 3.63) is 69.3 Å². The van der Waals surface area contributed by atoms with Gasteiger partial charge in [0.25, 0.3) is 11.6 Å². The van der Waals surface area contributed by atoms with Gasteiger partial charge in [-0.05, 0) is 36.8 Å². The van der Waals surface area contributed by atoms with E-state index in [1.54, 1.807) is 36.3 Å². The van der Waals surface area contributed by atoms with Gasteiger partial charge in [0.05, 0.1) is 29.2 Å². The Morgan fingerprint density at radius 1 is 1.16 bits per heavy atom. The number of aromatic nitrogens is 1. The molecule has 1 fully saturated rings. The van der Waals surface area contributed by atoms with Gasteiger partial charge >= 0.3 is 0 Å². The van der Waals surface area contributed by atoms with E-state index in [4.69, 9.17) is 4.74 Å². The maximum atomic E-state index is 12.9. The van der Waals surface area contributed by atoms with Gasteiger partial charge in [0.2, 0.25) is 0 Å². The number of hydrogen-bond acceptors (Lipinski definition) is 7. The van der Waals surface area contributed by atoms with Crippen LogP contribution in [0.5, 0.6) is 5.75 Å². The molecular weight excluding hydrogens is 410 g/mol. The summed E-state index contributed by atoms with van der Waals surface area (Å²) < 4.78 is 5.32. The molecule has 4 rings (SSSR count). The van der Waals surface area contributed by atoms with Crippen LogP contribution in [0.3, 0.4) is 0 Å². The van der Waals surface area contributed by atoms with Gasteiger partial charge in [0.1, 0.15) is 11.6 Å². The van der Waals surface area contributed by atoms with Crippen LogP contribution >= 0.6 is 0 Å². The van der Waals surface area contributed by atoms with Crippen molar-refractivity contribution in [2.24, 2.45) is 0 Å². The maximum absolute atomic E-state index is 12.9. The summed E-state index contributed by atoms with van der Waals surface area (Å²) >= 11 is 0. The van der Waals surface area contributed by atoms with Crippen molar-refractivity contribution in [1.29, 1.82) is 5.26 Å². The average Bonchev–Trinajstić information content (AvgIpc) is 2.82. The number of nitro benzene ring substituents is 1. The normalized spacial score (nSPS) is 13.7. The van der Waals surface area contributed by atoms with E-state index in [1.165, 1.54) is 12.1 Å². The van der Waals surface area contributed by atoms with Gasteiger partial charge in [0, 0.05) is 49.3 Å². The van der Waals surface area contributed by atoms with Gasteiger partial charge in [-0.2, -0.15) is 5.26 Å². The van der Waals surface area contributed by atoms with Crippen molar-refractivity contribution < 1.29 is 14.5 Å². The lowest BCUT2D eigenvalue weighted by Crippen LogP contribution is -2.49. The first-order valence-corrected chi connectivity index (χ1v) is 10.1. The van der Waals surface area contributed by atoms with E-state index in [0.717, 1.165) is 5.56 Å².